The van der Waals surface area contributed by atoms with Crippen LogP contribution in [-0.4, -0.2) is 43.1 Å². The van der Waals surface area contributed by atoms with Crippen molar-refractivity contribution in [3.05, 3.63) is 0 Å². The van der Waals surface area contributed by atoms with Crippen molar-refractivity contribution in [2.45, 2.75) is 25.0 Å². The van der Waals surface area contributed by atoms with Crippen LogP contribution in [0.3, 0.4) is 0 Å². The molecule has 0 spiro atoms. The van der Waals surface area contributed by atoms with Gasteiger partial charge in [-0.25, -0.2) is 12.7 Å². The Morgan fingerprint density at radius 3 is 2.31 bits per heavy atom. The van der Waals surface area contributed by atoms with Gasteiger partial charge in [0.1, 0.15) is 0 Å². The molecule has 3 nitrogen and oxygen atoms in total. The molecule has 1 fully saturated rings. The van der Waals surface area contributed by atoms with Gasteiger partial charge in [-0.2, -0.15) is 11.8 Å². The van der Waals surface area contributed by atoms with E-state index < -0.39 is 10.0 Å². The molecule has 1 aliphatic rings. The van der Waals surface area contributed by atoms with Crippen LogP contribution in [0.25, 0.3) is 0 Å². The Balaban J connectivity index is 2.50. The van der Waals surface area contributed by atoms with E-state index >= 15 is 0 Å². The molecule has 13 heavy (non-hydrogen) atoms. The summed E-state index contributed by atoms with van der Waals surface area (Å²) >= 11 is 1.84. The van der Waals surface area contributed by atoms with Crippen LogP contribution in [0.1, 0.15) is 19.8 Å². The van der Waals surface area contributed by atoms with Gasteiger partial charge in [0.25, 0.3) is 0 Å². The highest BCUT2D eigenvalue weighted by Crippen LogP contribution is 2.22. The maximum atomic E-state index is 11.5. The van der Waals surface area contributed by atoms with Gasteiger partial charge in [-0.05, 0) is 26.0 Å². The molecule has 0 bridgehead atoms. The first kappa shape index (κ1) is 11.3. The van der Waals surface area contributed by atoms with Gasteiger partial charge in [0.05, 0.1) is 5.75 Å². The van der Waals surface area contributed by atoms with Crippen molar-refractivity contribution in [3.8, 4) is 0 Å². The molecule has 0 amide bonds. The van der Waals surface area contributed by atoms with E-state index in [1.807, 2.05) is 11.8 Å². The molecule has 0 unspecified atom stereocenters. The minimum atomic E-state index is -2.93. The Labute approximate surface area is 84.9 Å². The van der Waals surface area contributed by atoms with Gasteiger partial charge >= 0.3 is 0 Å². The molecule has 1 aliphatic heterocycles. The molecule has 0 atom stereocenters. The molecule has 0 N–H and O–H groups in total. The fraction of sp³-hybridized carbons (Fsp3) is 1.00. The first-order chi connectivity index (χ1) is 6.10. The largest absolute Gasteiger partial charge is 0.213 e. The fourth-order valence-corrected chi connectivity index (χ4v) is 3.34. The van der Waals surface area contributed by atoms with Gasteiger partial charge in [0.15, 0.2) is 0 Å². The van der Waals surface area contributed by atoms with E-state index in [1.54, 1.807) is 11.2 Å². The zero-order valence-corrected chi connectivity index (χ0v) is 9.83. The van der Waals surface area contributed by atoms with Crippen LogP contribution in [0.4, 0.5) is 0 Å². The summed E-state index contributed by atoms with van der Waals surface area (Å²) in [5, 5.41) is 0.656. The van der Waals surface area contributed by atoms with E-state index in [2.05, 4.69) is 6.26 Å². The summed E-state index contributed by atoms with van der Waals surface area (Å²) in [7, 11) is -2.93. The quantitative estimate of drug-likeness (QED) is 0.720. The molecular weight excluding hydrogens is 206 g/mol. The Kier molecular flexibility index (Phi) is 4.06. The van der Waals surface area contributed by atoms with Crippen LogP contribution in [0.5, 0.6) is 0 Å². The molecule has 0 saturated carbocycles. The van der Waals surface area contributed by atoms with E-state index in [9.17, 15) is 8.42 Å². The molecule has 78 valence electrons. The molecule has 1 heterocycles. The summed E-state index contributed by atoms with van der Waals surface area (Å²) in [5.41, 5.74) is 0. The fourth-order valence-electron chi connectivity index (χ4n) is 1.53. The van der Waals surface area contributed by atoms with Crippen molar-refractivity contribution in [1.29, 1.82) is 0 Å². The molecule has 0 aromatic carbocycles. The minimum absolute atomic E-state index is 0.233. The molecule has 0 aromatic rings. The molecular formula is C8H17NO2S2. The van der Waals surface area contributed by atoms with Gasteiger partial charge in [-0.15, -0.1) is 0 Å². The van der Waals surface area contributed by atoms with Crippen LogP contribution in [-0.2, 0) is 10.0 Å². The van der Waals surface area contributed by atoms with Gasteiger partial charge in [-0.1, -0.05) is 0 Å². The highest BCUT2D eigenvalue weighted by molar-refractivity contribution is 7.99. The van der Waals surface area contributed by atoms with Crippen molar-refractivity contribution in [2.75, 3.05) is 25.1 Å². The lowest BCUT2D eigenvalue weighted by Gasteiger charge is -2.29. The lowest BCUT2D eigenvalue weighted by atomic mass is 10.2. The number of nitrogens with zero attached hydrogens (tertiary/aromatic N) is 1. The number of piperidine rings is 1. The van der Waals surface area contributed by atoms with Crippen LogP contribution >= 0.6 is 11.8 Å². The molecule has 5 heteroatoms. The summed E-state index contributed by atoms with van der Waals surface area (Å²) < 4.78 is 24.6. The van der Waals surface area contributed by atoms with Gasteiger partial charge in [0.2, 0.25) is 10.0 Å². The average molecular weight is 223 g/mol. The van der Waals surface area contributed by atoms with Crippen molar-refractivity contribution in [2.24, 2.45) is 0 Å². The third-order valence-electron chi connectivity index (χ3n) is 2.49. The number of thioether (sulfide) groups is 1. The molecule has 0 radical (unpaired) electrons. The van der Waals surface area contributed by atoms with E-state index in [1.165, 1.54) is 0 Å². The van der Waals surface area contributed by atoms with Crippen molar-refractivity contribution < 1.29 is 8.42 Å². The Bertz CT molecular complexity index is 243. The monoisotopic (exact) mass is 223 g/mol. The second-order valence-electron chi connectivity index (χ2n) is 3.23. The minimum Gasteiger partial charge on any atom is -0.212 e. The topological polar surface area (TPSA) is 37.4 Å². The third kappa shape index (κ3) is 2.86. The lowest BCUT2D eigenvalue weighted by molar-refractivity contribution is 0.353. The Morgan fingerprint density at radius 1 is 1.38 bits per heavy atom. The average Bonchev–Trinajstić information content (AvgIpc) is 2.18. The molecule has 1 rings (SSSR count). The first-order valence-electron chi connectivity index (χ1n) is 4.60. The smallest absolute Gasteiger partial charge is 0.212 e. The van der Waals surface area contributed by atoms with Crippen molar-refractivity contribution in [3.63, 3.8) is 0 Å². The van der Waals surface area contributed by atoms with E-state index in [-0.39, 0.29) is 5.75 Å². The van der Waals surface area contributed by atoms with Crippen LogP contribution < -0.4 is 0 Å². The predicted molar refractivity (Wildman–Crippen MR) is 57.6 cm³/mol. The second-order valence-corrected chi connectivity index (χ2v) is 6.63. The van der Waals surface area contributed by atoms with Crippen LogP contribution in [0.2, 0.25) is 0 Å². The number of sulfonamides is 1. The lowest BCUT2D eigenvalue weighted by Crippen LogP contribution is -2.39. The van der Waals surface area contributed by atoms with E-state index in [0.29, 0.717) is 18.3 Å². The Hall–Kier alpha value is 0.260. The van der Waals surface area contributed by atoms with Gasteiger partial charge in [0, 0.05) is 18.3 Å². The summed E-state index contributed by atoms with van der Waals surface area (Å²) in [6, 6.07) is 0. The third-order valence-corrected chi connectivity index (χ3v) is 5.51. The maximum absolute atomic E-state index is 11.5. The van der Waals surface area contributed by atoms with E-state index in [0.717, 1.165) is 12.8 Å². The highest BCUT2D eigenvalue weighted by Gasteiger charge is 2.25. The molecule has 0 aliphatic carbocycles. The standard InChI is InChI=1S/C8H17NO2S2/c1-3-13(10,11)9-6-4-8(12-2)5-7-9/h8H,3-7H2,1-2H3. The maximum Gasteiger partial charge on any atom is 0.213 e. The van der Waals surface area contributed by atoms with Crippen molar-refractivity contribution >= 4 is 21.8 Å². The van der Waals surface area contributed by atoms with E-state index in [4.69, 9.17) is 0 Å². The molecule has 1 saturated heterocycles. The van der Waals surface area contributed by atoms with Crippen LogP contribution in [0, 0.1) is 0 Å². The Morgan fingerprint density at radius 2 is 1.92 bits per heavy atom. The van der Waals surface area contributed by atoms with Gasteiger partial charge in [-0.3, -0.25) is 0 Å². The first-order valence-corrected chi connectivity index (χ1v) is 7.50. The number of rotatable bonds is 3. The summed E-state index contributed by atoms with van der Waals surface area (Å²) in [5.74, 6) is 0.233. The number of hydrogen-bond donors (Lipinski definition) is 0. The van der Waals surface area contributed by atoms with Gasteiger partial charge < -0.3 is 0 Å². The summed E-state index contributed by atoms with van der Waals surface area (Å²) in [4.78, 5) is 0. The van der Waals surface area contributed by atoms with Crippen LogP contribution in [0.15, 0.2) is 0 Å². The van der Waals surface area contributed by atoms with Crippen molar-refractivity contribution in [1.82, 2.24) is 4.31 Å². The molecule has 0 aromatic heterocycles. The summed E-state index contributed by atoms with van der Waals surface area (Å²) in [6.07, 6.45) is 4.09. The summed E-state index contributed by atoms with van der Waals surface area (Å²) in [6.45, 7) is 3.12. The zero-order valence-electron chi connectivity index (χ0n) is 8.19. The number of hydrogen-bond acceptors (Lipinski definition) is 3. The predicted octanol–water partition coefficient (Wildman–Crippen LogP) is 1.16. The SMILES string of the molecule is CCS(=O)(=O)N1CCC(SC)CC1. The highest BCUT2D eigenvalue weighted by atomic mass is 32.2. The normalized spacial score (nSPS) is 22.0. The second kappa shape index (κ2) is 4.66. The zero-order chi connectivity index (χ0) is 9.90.